The Morgan fingerprint density at radius 3 is 2.41 bits per heavy atom. The molecular formula is C15H16N4O3. The molecule has 2 aromatic rings. The van der Waals surface area contributed by atoms with E-state index in [9.17, 15) is 14.9 Å². The molecule has 2 amide bonds. The fourth-order valence-electron chi connectivity index (χ4n) is 2.12. The molecular weight excluding hydrogens is 284 g/mol. The summed E-state index contributed by atoms with van der Waals surface area (Å²) in [5, 5.41) is 11.2. The van der Waals surface area contributed by atoms with Gasteiger partial charge in [-0.25, -0.2) is 4.79 Å². The molecule has 0 saturated heterocycles. The molecule has 0 aromatic heterocycles. The Morgan fingerprint density at radius 1 is 1.18 bits per heavy atom. The number of nitrogen functional groups attached to an aromatic ring is 1. The number of carbonyl (C=O) groups is 1. The largest absolute Gasteiger partial charge is 0.398 e. The van der Waals surface area contributed by atoms with Gasteiger partial charge in [-0.15, -0.1) is 0 Å². The van der Waals surface area contributed by atoms with Crippen LogP contribution in [-0.2, 0) is 0 Å². The molecule has 4 N–H and O–H groups in total. The van der Waals surface area contributed by atoms with E-state index in [2.05, 4.69) is 0 Å². The lowest BCUT2D eigenvalue weighted by Crippen LogP contribution is -2.32. The summed E-state index contributed by atoms with van der Waals surface area (Å²) in [6, 6.07) is 8.59. The van der Waals surface area contributed by atoms with Crippen LogP contribution >= 0.6 is 0 Å². The number of nitrogens with two attached hydrogens (primary N) is 2. The van der Waals surface area contributed by atoms with Crippen LogP contribution in [0.4, 0.5) is 27.5 Å². The molecule has 0 aliphatic carbocycles. The van der Waals surface area contributed by atoms with Crippen molar-refractivity contribution in [1.82, 2.24) is 0 Å². The van der Waals surface area contributed by atoms with Crippen LogP contribution in [0.3, 0.4) is 0 Å². The van der Waals surface area contributed by atoms with Crippen molar-refractivity contribution in [3.8, 4) is 0 Å². The molecule has 2 aromatic carbocycles. The number of amides is 2. The number of hydrogen-bond donors (Lipinski definition) is 2. The van der Waals surface area contributed by atoms with Crippen molar-refractivity contribution in [1.29, 1.82) is 0 Å². The number of benzene rings is 2. The first-order valence-electron chi connectivity index (χ1n) is 6.52. The van der Waals surface area contributed by atoms with Crippen molar-refractivity contribution in [3.05, 3.63) is 57.6 Å². The van der Waals surface area contributed by atoms with E-state index in [1.165, 1.54) is 6.07 Å². The van der Waals surface area contributed by atoms with Crippen LogP contribution < -0.4 is 16.4 Å². The third kappa shape index (κ3) is 2.83. The van der Waals surface area contributed by atoms with E-state index >= 15 is 0 Å². The van der Waals surface area contributed by atoms with Gasteiger partial charge in [0.05, 0.1) is 10.6 Å². The molecule has 0 atom stereocenters. The first-order chi connectivity index (χ1) is 10.3. The quantitative estimate of drug-likeness (QED) is 0.515. The SMILES string of the molecule is Cc1ccc([N+](=O)[O-])c(N(C(N)=O)c2ccc(C)c(N)c2)c1. The van der Waals surface area contributed by atoms with Gasteiger partial charge < -0.3 is 11.5 Å². The van der Waals surface area contributed by atoms with Crippen LogP contribution in [0, 0.1) is 24.0 Å². The fraction of sp³-hybridized carbons (Fsp3) is 0.133. The van der Waals surface area contributed by atoms with Gasteiger partial charge in [0.25, 0.3) is 5.69 Å². The smallest absolute Gasteiger partial charge is 0.324 e. The van der Waals surface area contributed by atoms with Crippen molar-refractivity contribution in [3.63, 3.8) is 0 Å². The molecule has 7 heteroatoms. The van der Waals surface area contributed by atoms with Crippen LogP contribution in [0.2, 0.25) is 0 Å². The van der Waals surface area contributed by atoms with E-state index in [4.69, 9.17) is 11.5 Å². The zero-order valence-corrected chi connectivity index (χ0v) is 12.2. The summed E-state index contributed by atoms with van der Waals surface area (Å²) < 4.78 is 0. The third-order valence-electron chi connectivity index (χ3n) is 3.31. The molecule has 22 heavy (non-hydrogen) atoms. The van der Waals surface area contributed by atoms with E-state index in [-0.39, 0.29) is 11.4 Å². The van der Waals surface area contributed by atoms with Gasteiger partial charge >= 0.3 is 6.03 Å². The highest BCUT2D eigenvalue weighted by molar-refractivity contribution is 6.01. The van der Waals surface area contributed by atoms with Gasteiger partial charge in [-0.2, -0.15) is 0 Å². The molecule has 0 spiro atoms. The fourth-order valence-corrected chi connectivity index (χ4v) is 2.12. The average Bonchev–Trinajstić information content (AvgIpc) is 2.42. The molecule has 7 nitrogen and oxygen atoms in total. The number of carbonyl (C=O) groups excluding carboxylic acids is 1. The summed E-state index contributed by atoms with van der Waals surface area (Å²) in [5.74, 6) is 0. The molecule has 2 rings (SSSR count). The minimum absolute atomic E-state index is 0.112. The number of nitro benzene ring substituents is 1. The Balaban J connectivity index is 2.67. The van der Waals surface area contributed by atoms with E-state index in [0.29, 0.717) is 11.4 Å². The van der Waals surface area contributed by atoms with E-state index < -0.39 is 11.0 Å². The number of aryl methyl sites for hydroxylation is 2. The highest BCUT2D eigenvalue weighted by atomic mass is 16.6. The number of nitro groups is 1. The molecule has 0 aliphatic heterocycles. The molecule has 0 heterocycles. The number of primary amides is 1. The molecule has 0 unspecified atom stereocenters. The lowest BCUT2D eigenvalue weighted by atomic mass is 10.1. The van der Waals surface area contributed by atoms with Gasteiger partial charge in [-0.05, 0) is 43.2 Å². The molecule has 0 saturated carbocycles. The summed E-state index contributed by atoms with van der Waals surface area (Å²) in [6.07, 6.45) is 0. The number of rotatable bonds is 3. The second-order valence-corrected chi connectivity index (χ2v) is 4.96. The first-order valence-corrected chi connectivity index (χ1v) is 6.52. The van der Waals surface area contributed by atoms with Gasteiger partial charge in [-0.3, -0.25) is 15.0 Å². The predicted octanol–water partition coefficient (Wildman–Crippen LogP) is 3.01. The Morgan fingerprint density at radius 2 is 1.86 bits per heavy atom. The summed E-state index contributed by atoms with van der Waals surface area (Å²) in [5.41, 5.74) is 13.7. The zero-order chi connectivity index (χ0) is 16.4. The first kappa shape index (κ1) is 15.3. The minimum Gasteiger partial charge on any atom is -0.398 e. The zero-order valence-electron chi connectivity index (χ0n) is 12.2. The Kier molecular flexibility index (Phi) is 3.98. The maximum Gasteiger partial charge on any atom is 0.324 e. The highest BCUT2D eigenvalue weighted by Crippen LogP contribution is 2.35. The third-order valence-corrected chi connectivity index (χ3v) is 3.31. The average molecular weight is 300 g/mol. The van der Waals surface area contributed by atoms with Crippen LogP contribution in [0.5, 0.6) is 0 Å². The Hall–Kier alpha value is -3.09. The van der Waals surface area contributed by atoms with Crippen molar-refractivity contribution in [2.45, 2.75) is 13.8 Å². The lowest BCUT2D eigenvalue weighted by molar-refractivity contribution is -0.384. The molecule has 0 aliphatic rings. The number of anilines is 3. The molecule has 0 bridgehead atoms. The van der Waals surface area contributed by atoms with Gasteiger partial charge in [0.1, 0.15) is 5.69 Å². The van der Waals surface area contributed by atoms with E-state index in [1.54, 1.807) is 37.3 Å². The maximum atomic E-state index is 11.9. The predicted molar refractivity (Wildman–Crippen MR) is 85.1 cm³/mol. The van der Waals surface area contributed by atoms with Crippen molar-refractivity contribution >= 4 is 28.8 Å². The van der Waals surface area contributed by atoms with Gasteiger partial charge in [0.2, 0.25) is 0 Å². The highest BCUT2D eigenvalue weighted by Gasteiger charge is 2.24. The van der Waals surface area contributed by atoms with Crippen LogP contribution in [0.25, 0.3) is 0 Å². The van der Waals surface area contributed by atoms with Crippen molar-refractivity contribution in [2.24, 2.45) is 5.73 Å². The summed E-state index contributed by atoms with van der Waals surface area (Å²) in [6.45, 7) is 3.60. The standard InChI is InChI=1S/C15H16N4O3/c1-9-3-6-13(19(21)22)14(7-9)18(15(17)20)11-5-4-10(2)12(16)8-11/h3-8H,16H2,1-2H3,(H2,17,20). The number of nitrogens with zero attached hydrogens (tertiary/aromatic N) is 2. The number of urea groups is 1. The van der Waals surface area contributed by atoms with Crippen LogP contribution in [0.1, 0.15) is 11.1 Å². The van der Waals surface area contributed by atoms with E-state index in [1.807, 2.05) is 6.92 Å². The van der Waals surface area contributed by atoms with Gasteiger partial charge in [0, 0.05) is 11.8 Å². The molecule has 114 valence electrons. The van der Waals surface area contributed by atoms with Crippen molar-refractivity contribution < 1.29 is 9.72 Å². The summed E-state index contributed by atoms with van der Waals surface area (Å²) in [7, 11) is 0. The molecule has 0 radical (unpaired) electrons. The maximum absolute atomic E-state index is 11.9. The summed E-state index contributed by atoms with van der Waals surface area (Å²) >= 11 is 0. The van der Waals surface area contributed by atoms with Crippen molar-refractivity contribution in [2.75, 3.05) is 10.6 Å². The minimum atomic E-state index is -0.822. The number of hydrogen-bond acceptors (Lipinski definition) is 4. The Labute approximate surface area is 127 Å². The molecule has 0 fully saturated rings. The second-order valence-electron chi connectivity index (χ2n) is 4.96. The van der Waals surface area contributed by atoms with Crippen LogP contribution in [0.15, 0.2) is 36.4 Å². The topological polar surface area (TPSA) is 115 Å². The van der Waals surface area contributed by atoms with Gasteiger partial charge in [-0.1, -0.05) is 12.1 Å². The second kappa shape index (κ2) is 5.72. The van der Waals surface area contributed by atoms with Gasteiger partial charge in [0.15, 0.2) is 0 Å². The monoisotopic (exact) mass is 300 g/mol. The lowest BCUT2D eigenvalue weighted by Gasteiger charge is -2.21. The summed E-state index contributed by atoms with van der Waals surface area (Å²) in [4.78, 5) is 23.6. The van der Waals surface area contributed by atoms with Crippen LogP contribution in [-0.4, -0.2) is 11.0 Å². The normalized spacial score (nSPS) is 10.3. The Bertz CT molecular complexity index is 758. The van der Waals surface area contributed by atoms with E-state index in [0.717, 1.165) is 16.0 Å².